The average molecular weight is 266 g/mol. The highest BCUT2D eigenvalue weighted by molar-refractivity contribution is 5.84. The Balaban J connectivity index is 2.02. The lowest BCUT2D eigenvalue weighted by Gasteiger charge is -2.16. The Morgan fingerprint density at radius 2 is 1.85 bits per heavy atom. The SMILES string of the molecule is [CH2+]CC1CC(c2cc3ccccc3cc2CC)CC1N. The topological polar surface area (TPSA) is 26.0 Å². The molecule has 0 aromatic heterocycles. The van der Waals surface area contributed by atoms with Crippen LogP contribution in [0.1, 0.15) is 43.2 Å². The van der Waals surface area contributed by atoms with E-state index in [4.69, 9.17) is 5.73 Å². The number of fused-ring (bicyclic) bond motifs is 1. The zero-order valence-electron chi connectivity index (χ0n) is 12.3. The van der Waals surface area contributed by atoms with Gasteiger partial charge in [0.25, 0.3) is 0 Å². The molecule has 0 amide bonds. The molecule has 0 heterocycles. The van der Waals surface area contributed by atoms with Crippen molar-refractivity contribution in [1.29, 1.82) is 0 Å². The van der Waals surface area contributed by atoms with Crippen molar-refractivity contribution in [3.05, 3.63) is 54.4 Å². The molecule has 3 unspecified atom stereocenters. The molecule has 0 bridgehead atoms. The summed E-state index contributed by atoms with van der Waals surface area (Å²) in [4.78, 5) is 0. The van der Waals surface area contributed by atoms with Crippen molar-refractivity contribution < 1.29 is 0 Å². The Morgan fingerprint density at radius 3 is 2.45 bits per heavy atom. The summed E-state index contributed by atoms with van der Waals surface area (Å²) in [7, 11) is 0. The maximum atomic E-state index is 6.28. The van der Waals surface area contributed by atoms with Gasteiger partial charge in [-0.2, -0.15) is 0 Å². The molecule has 3 rings (SSSR count). The van der Waals surface area contributed by atoms with E-state index in [2.05, 4.69) is 50.2 Å². The number of hydrogen-bond donors (Lipinski definition) is 1. The van der Waals surface area contributed by atoms with Gasteiger partial charge in [-0.15, -0.1) is 0 Å². The Hall–Kier alpha value is -1.47. The Kier molecular flexibility index (Phi) is 3.71. The summed E-state index contributed by atoms with van der Waals surface area (Å²) >= 11 is 0. The van der Waals surface area contributed by atoms with Crippen LogP contribution in [0.5, 0.6) is 0 Å². The molecule has 0 spiro atoms. The molecule has 2 N–H and O–H groups in total. The van der Waals surface area contributed by atoms with E-state index in [1.807, 2.05) is 0 Å². The highest BCUT2D eigenvalue weighted by atomic mass is 14.7. The molecular weight excluding hydrogens is 242 g/mol. The summed E-state index contributed by atoms with van der Waals surface area (Å²) in [5, 5.41) is 2.70. The van der Waals surface area contributed by atoms with Crippen LogP contribution in [0.15, 0.2) is 36.4 Å². The lowest BCUT2D eigenvalue weighted by molar-refractivity contribution is 0.484. The van der Waals surface area contributed by atoms with Gasteiger partial charge in [0.05, 0.1) is 13.3 Å². The molecule has 1 heteroatoms. The Labute approximate surface area is 122 Å². The lowest BCUT2D eigenvalue weighted by atomic mass is 9.88. The fourth-order valence-corrected chi connectivity index (χ4v) is 3.73. The van der Waals surface area contributed by atoms with Gasteiger partial charge in [0.15, 0.2) is 0 Å². The molecule has 104 valence electrons. The van der Waals surface area contributed by atoms with E-state index >= 15 is 0 Å². The molecule has 1 aliphatic rings. The van der Waals surface area contributed by atoms with Crippen LogP contribution >= 0.6 is 0 Å². The first-order chi connectivity index (χ1) is 9.72. The number of rotatable bonds is 3. The van der Waals surface area contributed by atoms with Gasteiger partial charge in [-0.05, 0) is 47.1 Å². The molecule has 0 saturated heterocycles. The summed E-state index contributed by atoms with van der Waals surface area (Å²) in [6, 6.07) is 13.8. The van der Waals surface area contributed by atoms with Gasteiger partial charge >= 0.3 is 0 Å². The van der Waals surface area contributed by atoms with Crippen molar-refractivity contribution in [1.82, 2.24) is 0 Å². The van der Waals surface area contributed by atoms with Gasteiger partial charge in [-0.25, -0.2) is 0 Å². The van der Waals surface area contributed by atoms with Crippen molar-refractivity contribution in [2.45, 2.75) is 44.6 Å². The molecule has 1 aliphatic carbocycles. The number of nitrogens with two attached hydrogens (primary N) is 1. The van der Waals surface area contributed by atoms with Crippen LogP contribution in [-0.2, 0) is 6.42 Å². The van der Waals surface area contributed by atoms with Crippen LogP contribution < -0.4 is 5.73 Å². The van der Waals surface area contributed by atoms with Crippen LogP contribution in [0, 0.1) is 12.8 Å². The minimum Gasteiger partial charge on any atom is -0.327 e. The largest absolute Gasteiger partial charge is 0.327 e. The van der Waals surface area contributed by atoms with Gasteiger partial charge < -0.3 is 5.73 Å². The van der Waals surface area contributed by atoms with Crippen molar-refractivity contribution in [2.75, 3.05) is 0 Å². The molecule has 0 radical (unpaired) electrons. The normalized spacial score (nSPS) is 26.2. The maximum absolute atomic E-state index is 6.28. The molecule has 0 aliphatic heterocycles. The van der Waals surface area contributed by atoms with E-state index < -0.39 is 0 Å². The molecule has 2 aromatic carbocycles. The molecule has 2 aromatic rings. The van der Waals surface area contributed by atoms with Gasteiger partial charge in [0, 0.05) is 12.0 Å². The van der Waals surface area contributed by atoms with Gasteiger partial charge in [0.2, 0.25) is 0 Å². The summed E-state index contributed by atoms with van der Waals surface area (Å²) in [5.41, 5.74) is 9.30. The van der Waals surface area contributed by atoms with Crippen LogP contribution in [0.2, 0.25) is 0 Å². The molecular formula is C19H24N+. The predicted octanol–water partition coefficient (Wildman–Crippen LogP) is 4.45. The van der Waals surface area contributed by atoms with E-state index in [1.54, 1.807) is 0 Å². The third-order valence-electron chi connectivity index (χ3n) is 4.95. The zero-order chi connectivity index (χ0) is 14.1. The smallest absolute Gasteiger partial charge is 0.0893 e. The van der Waals surface area contributed by atoms with E-state index in [1.165, 1.54) is 28.3 Å². The maximum Gasteiger partial charge on any atom is 0.0893 e. The minimum absolute atomic E-state index is 0.327. The monoisotopic (exact) mass is 266 g/mol. The quantitative estimate of drug-likeness (QED) is 0.816. The van der Waals surface area contributed by atoms with E-state index in [0.717, 1.165) is 19.3 Å². The van der Waals surface area contributed by atoms with Crippen LogP contribution in [0.25, 0.3) is 10.8 Å². The van der Waals surface area contributed by atoms with Crippen LogP contribution in [0.4, 0.5) is 0 Å². The first-order valence-corrected chi connectivity index (χ1v) is 7.79. The van der Waals surface area contributed by atoms with Gasteiger partial charge in [-0.3, -0.25) is 0 Å². The summed E-state index contributed by atoms with van der Waals surface area (Å²) in [5.74, 6) is 1.22. The standard InChI is InChI=1S/C19H24N/c1-3-13-9-15-7-5-6-8-16(15)11-18(13)17-10-14(4-2)19(20)12-17/h5-9,11,14,17,19H,2-4,10,12,20H2,1H3/q+1. The zero-order valence-corrected chi connectivity index (χ0v) is 12.3. The van der Waals surface area contributed by atoms with Gasteiger partial charge in [0.1, 0.15) is 0 Å². The predicted molar refractivity (Wildman–Crippen MR) is 86.7 cm³/mol. The van der Waals surface area contributed by atoms with Crippen LogP contribution in [0.3, 0.4) is 0 Å². The van der Waals surface area contributed by atoms with E-state index in [9.17, 15) is 0 Å². The highest BCUT2D eigenvalue weighted by Gasteiger charge is 2.34. The van der Waals surface area contributed by atoms with Crippen molar-refractivity contribution in [2.24, 2.45) is 11.7 Å². The Morgan fingerprint density at radius 1 is 1.15 bits per heavy atom. The summed E-state index contributed by atoms with van der Waals surface area (Å²) < 4.78 is 0. The number of hydrogen-bond acceptors (Lipinski definition) is 1. The van der Waals surface area contributed by atoms with Crippen molar-refractivity contribution in [3.63, 3.8) is 0 Å². The van der Waals surface area contributed by atoms with Crippen molar-refractivity contribution >= 4 is 10.8 Å². The van der Waals surface area contributed by atoms with E-state index in [-0.39, 0.29) is 0 Å². The minimum atomic E-state index is 0.327. The van der Waals surface area contributed by atoms with E-state index in [0.29, 0.717) is 17.9 Å². The Bertz CT molecular complexity index is 602. The second kappa shape index (κ2) is 5.49. The molecule has 20 heavy (non-hydrogen) atoms. The third kappa shape index (κ3) is 2.31. The van der Waals surface area contributed by atoms with Crippen LogP contribution in [-0.4, -0.2) is 6.04 Å². The fourth-order valence-electron chi connectivity index (χ4n) is 3.73. The second-order valence-electron chi connectivity index (χ2n) is 6.13. The third-order valence-corrected chi connectivity index (χ3v) is 4.95. The molecule has 1 saturated carbocycles. The van der Waals surface area contributed by atoms with Gasteiger partial charge in [-0.1, -0.05) is 43.3 Å². The first-order valence-electron chi connectivity index (χ1n) is 7.79. The average Bonchev–Trinajstić information content (AvgIpc) is 2.86. The highest BCUT2D eigenvalue weighted by Crippen LogP contribution is 2.41. The number of benzene rings is 2. The van der Waals surface area contributed by atoms with Crippen molar-refractivity contribution in [3.8, 4) is 0 Å². The lowest BCUT2D eigenvalue weighted by Crippen LogP contribution is -2.23. The number of aryl methyl sites for hydroxylation is 1. The molecule has 1 nitrogen and oxygen atoms in total. The molecule has 3 atom stereocenters. The summed E-state index contributed by atoms with van der Waals surface area (Å²) in [6.45, 7) is 6.31. The second-order valence-corrected chi connectivity index (χ2v) is 6.13. The summed E-state index contributed by atoms with van der Waals surface area (Å²) in [6.07, 6.45) is 4.38. The fraction of sp³-hybridized carbons (Fsp3) is 0.421. The first kappa shape index (κ1) is 13.5. The molecule has 1 fully saturated rings.